The van der Waals surface area contributed by atoms with E-state index in [1.807, 2.05) is 13.8 Å². The molecule has 0 bridgehead atoms. The Morgan fingerprint density at radius 3 is 2.53 bits per heavy atom. The van der Waals surface area contributed by atoms with Gasteiger partial charge in [-0.2, -0.15) is 0 Å². The molecule has 3 nitrogen and oxygen atoms in total. The molecular formula is C12H15Cl2NO2. The molecule has 0 unspecified atom stereocenters. The first kappa shape index (κ1) is 14.3. The van der Waals surface area contributed by atoms with Crippen LogP contribution in [-0.4, -0.2) is 35.1 Å². The lowest BCUT2D eigenvalue weighted by Crippen LogP contribution is -2.39. The number of rotatable bonds is 4. The van der Waals surface area contributed by atoms with Crippen molar-refractivity contribution in [2.24, 2.45) is 0 Å². The minimum Gasteiger partial charge on any atom is -0.395 e. The Hall–Kier alpha value is -0.770. The third-order valence-corrected chi connectivity index (χ3v) is 2.93. The second-order valence-electron chi connectivity index (χ2n) is 3.94. The monoisotopic (exact) mass is 275 g/mol. The topological polar surface area (TPSA) is 40.5 Å². The van der Waals surface area contributed by atoms with Crippen molar-refractivity contribution in [2.75, 3.05) is 13.2 Å². The zero-order valence-corrected chi connectivity index (χ0v) is 11.3. The van der Waals surface area contributed by atoms with E-state index in [2.05, 4.69) is 0 Å². The first-order chi connectivity index (χ1) is 7.97. The number of nitrogens with zero attached hydrogens (tertiary/aromatic N) is 1. The van der Waals surface area contributed by atoms with E-state index in [1.165, 1.54) is 6.07 Å². The first-order valence-electron chi connectivity index (χ1n) is 5.34. The van der Waals surface area contributed by atoms with Gasteiger partial charge < -0.3 is 10.0 Å². The molecule has 1 aromatic rings. The molecule has 0 spiro atoms. The van der Waals surface area contributed by atoms with Crippen molar-refractivity contribution in [2.45, 2.75) is 19.9 Å². The summed E-state index contributed by atoms with van der Waals surface area (Å²) in [4.78, 5) is 13.8. The van der Waals surface area contributed by atoms with Crippen molar-refractivity contribution in [1.82, 2.24) is 4.90 Å². The van der Waals surface area contributed by atoms with Crippen molar-refractivity contribution in [3.05, 3.63) is 33.8 Å². The fraction of sp³-hybridized carbons (Fsp3) is 0.417. The molecule has 0 aliphatic carbocycles. The summed E-state index contributed by atoms with van der Waals surface area (Å²) in [7, 11) is 0. The molecule has 1 aromatic carbocycles. The summed E-state index contributed by atoms with van der Waals surface area (Å²) in [5.74, 6) is -0.198. The van der Waals surface area contributed by atoms with Gasteiger partial charge in [-0.1, -0.05) is 23.2 Å². The highest BCUT2D eigenvalue weighted by Gasteiger charge is 2.20. The minimum absolute atomic E-state index is 0.00129. The molecule has 5 heteroatoms. The molecular weight excluding hydrogens is 261 g/mol. The summed E-state index contributed by atoms with van der Waals surface area (Å²) in [6, 6.07) is 4.76. The maximum atomic E-state index is 12.2. The number of aliphatic hydroxyl groups excluding tert-OH is 1. The summed E-state index contributed by atoms with van der Waals surface area (Å²) >= 11 is 11.8. The van der Waals surface area contributed by atoms with Gasteiger partial charge in [0.25, 0.3) is 5.91 Å². The van der Waals surface area contributed by atoms with Crippen LogP contribution in [0.1, 0.15) is 24.2 Å². The van der Waals surface area contributed by atoms with E-state index in [1.54, 1.807) is 17.0 Å². The largest absolute Gasteiger partial charge is 0.395 e. The highest BCUT2D eigenvalue weighted by atomic mass is 35.5. The zero-order valence-electron chi connectivity index (χ0n) is 9.78. The van der Waals surface area contributed by atoms with Gasteiger partial charge in [-0.15, -0.1) is 0 Å². The van der Waals surface area contributed by atoms with Crippen molar-refractivity contribution >= 4 is 29.1 Å². The van der Waals surface area contributed by atoms with Gasteiger partial charge in [-0.05, 0) is 32.0 Å². The summed E-state index contributed by atoms with van der Waals surface area (Å²) in [5.41, 5.74) is 0.401. The van der Waals surface area contributed by atoms with Gasteiger partial charge in [0.15, 0.2) is 0 Å². The highest BCUT2D eigenvalue weighted by molar-refractivity contribution is 6.36. The van der Waals surface area contributed by atoms with Gasteiger partial charge in [0, 0.05) is 17.6 Å². The van der Waals surface area contributed by atoms with E-state index in [4.69, 9.17) is 28.3 Å². The molecule has 17 heavy (non-hydrogen) atoms. The lowest BCUT2D eigenvalue weighted by Gasteiger charge is -2.26. The standard InChI is InChI=1S/C12H15Cl2NO2/c1-8(2)15(5-6-16)12(17)10-4-3-9(13)7-11(10)14/h3-4,7-8,16H,5-6H2,1-2H3. The first-order valence-corrected chi connectivity index (χ1v) is 6.10. The number of hydrogen-bond acceptors (Lipinski definition) is 2. The van der Waals surface area contributed by atoms with E-state index in [0.717, 1.165) is 0 Å². The Kier molecular flexibility index (Phi) is 5.25. The summed E-state index contributed by atoms with van der Waals surface area (Å²) in [6.45, 7) is 3.99. The number of carbonyl (C=O) groups is 1. The Balaban J connectivity index is 3.01. The van der Waals surface area contributed by atoms with Crippen LogP contribution in [-0.2, 0) is 0 Å². The lowest BCUT2D eigenvalue weighted by molar-refractivity contribution is 0.0665. The van der Waals surface area contributed by atoms with Crippen LogP contribution in [0.3, 0.4) is 0 Å². The van der Waals surface area contributed by atoms with Crippen LogP contribution >= 0.6 is 23.2 Å². The van der Waals surface area contributed by atoms with Crippen molar-refractivity contribution in [1.29, 1.82) is 0 Å². The summed E-state index contributed by atoms with van der Waals surface area (Å²) < 4.78 is 0. The van der Waals surface area contributed by atoms with Gasteiger partial charge in [-0.3, -0.25) is 4.79 Å². The van der Waals surface area contributed by atoms with E-state index in [0.29, 0.717) is 15.6 Å². The minimum atomic E-state index is -0.198. The van der Waals surface area contributed by atoms with Crippen molar-refractivity contribution in [3.8, 4) is 0 Å². The quantitative estimate of drug-likeness (QED) is 0.918. The van der Waals surface area contributed by atoms with Crippen LogP contribution in [0.4, 0.5) is 0 Å². The summed E-state index contributed by atoms with van der Waals surface area (Å²) in [5, 5.41) is 9.76. The maximum Gasteiger partial charge on any atom is 0.255 e. The van der Waals surface area contributed by atoms with Crippen molar-refractivity contribution < 1.29 is 9.90 Å². The number of aliphatic hydroxyl groups is 1. The predicted octanol–water partition coefficient (Wildman–Crippen LogP) is 2.84. The normalized spacial score (nSPS) is 10.7. The number of amides is 1. The molecule has 0 radical (unpaired) electrons. The highest BCUT2D eigenvalue weighted by Crippen LogP contribution is 2.22. The molecule has 94 valence electrons. The van der Waals surface area contributed by atoms with Crippen LogP contribution < -0.4 is 0 Å². The van der Waals surface area contributed by atoms with Gasteiger partial charge in [0.2, 0.25) is 0 Å². The van der Waals surface area contributed by atoms with Crippen LogP contribution in [0.2, 0.25) is 10.0 Å². The second-order valence-corrected chi connectivity index (χ2v) is 4.78. The molecule has 1 rings (SSSR count). The third kappa shape index (κ3) is 3.60. The van der Waals surface area contributed by atoms with Crippen LogP contribution in [0.25, 0.3) is 0 Å². The molecule has 0 aliphatic rings. The fourth-order valence-corrected chi connectivity index (χ4v) is 2.01. The Morgan fingerprint density at radius 1 is 1.41 bits per heavy atom. The molecule has 0 fully saturated rings. The van der Waals surface area contributed by atoms with Gasteiger partial charge in [0.05, 0.1) is 17.2 Å². The number of hydrogen-bond donors (Lipinski definition) is 1. The molecule has 1 N–H and O–H groups in total. The van der Waals surface area contributed by atoms with E-state index < -0.39 is 0 Å². The van der Waals surface area contributed by atoms with Gasteiger partial charge in [0.1, 0.15) is 0 Å². The Morgan fingerprint density at radius 2 is 2.06 bits per heavy atom. The number of benzene rings is 1. The fourth-order valence-electron chi connectivity index (χ4n) is 1.52. The van der Waals surface area contributed by atoms with E-state index in [-0.39, 0.29) is 25.1 Å². The van der Waals surface area contributed by atoms with E-state index in [9.17, 15) is 4.79 Å². The average molecular weight is 276 g/mol. The molecule has 1 amide bonds. The summed E-state index contributed by atoms with van der Waals surface area (Å²) in [6.07, 6.45) is 0. The SMILES string of the molecule is CC(C)N(CCO)C(=O)c1ccc(Cl)cc1Cl. The Bertz CT molecular complexity index is 407. The van der Waals surface area contributed by atoms with Gasteiger partial charge in [-0.25, -0.2) is 0 Å². The van der Waals surface area contributed by atoms with E-state index >= 15 is 0 Å². The van der Waals surface area contributed by atoms with Gasteiger partial charge >= 0.3 is 0 Å². The lowest BCUT2D eigenvalue weighted by atomic mass is 10.1. The molecule has 0 atom stereocenters. The predicted molar refractivity (Wildman–Crippen MR) is 69.7 cm³/mol. The molecule has 0 saturated heterocycles. The number of halogens is 2. The van der Waals surface area contributed by atoms with Crippen LogP contribution in [0.5, 0.6) is 0 Å². The zero-order chi connectivity index (χ0) is 13.0. The average Bonchev–Trinajstić information content (AvgIpc) is 2.24. The molecule has 0 heterocycles. The molecule has 0 aromatic heterocycles. The van der Waals surface area contributed by atoms with Crippen LogP contribution in [0.15, 0.2) is 18.2 Å². The molecule has 0 aliphatic heterocycles. The maximum absolute atomic E-state index is 12.2. The second kappa shape index (κ2) is 6.24. The van der Waals surface area contributed by atoms with Crippen molar-refractivity contribution in [3.63, 3.8) is 0 Å². The third-order valence-electron chi connectivity index (χ3n) is 2.39. The smallest absolute Gasteiger partial charge is 0.255 e. The van der Waals surface area contributed by atoms with Crippen LogP contribution in [0, 0.1) is 0 Å². The Labute approximate surface area is 111 Å². The number of carbonyl (C=O) groups excluding carboxylic acids is 1. The molecule has 0 saturated carbocycles.